The number of aryl methyl sites for hydroxylation is 2. The van der Waals surface area contributed by atoms with Crippen LogP contribution in [-0.4, -0.2) is 37.8 Å². The van der Waals surface area contributed by atoms with Crippen LogP contribution in [0.15, 0.2) is 18.2 Å². The van der Waals surface area contributed by atoms with Crippen LogP contribution in [0.4, 0.5) is 17.3 Å². The Morgan fingerprint density at radius 1 is 1.31 bits per heavy atom. The summed E-state index contributed by atoms with van der Waals surface area (Å²) in [4.78, 5) is 12.9. The Kier molecular flexibility index (Phi) is 5.71. The quantitative estimate of drug-likeness (QED) is 0.533. The van der Waals surface area contributed by atoms with Gasteiger partial charge in [-0.3, -0.25) is 4.98 Å². The first kappa shape index (κ1) is 20.6. The molecule has 0 unspecified atom stereocenters. The lowest BCUT2D eigenvalue weighted by atomic mass is 9.90. The van der Waals surface area contributed by atoms with Gasteiger partial charge < -0.3 is 16.2 Å². The molecule has 29 heavy (non-hydrogen) atoms. The summed E-state index contributed by atoms with van der Waals surface area (Å²) in [6.45, 7) is 16.0. The zero-order valence-corrected chi connectivity index (χ0v) is 17.3. The summed E-state index contributed by atoms with van der Waals surface area (Å²) >= 11 is 0. The van der Waals surface area contributed by atoms with Crippen molar-refractivity contribution >= 4 is 23.0 Å². The third-order valence-corrected chi connectivity index (χ3v) is 5.10. The van der Waals surface area contributed by atoms with E-state index in [-0.39, 0.29) is 12.3 Å². The Morgan fingerprint density at radius 3 is 2.72 bits per heavy atom. The number of aromatic nitrogens is 4. The van der Waals surface area contributed by atoms with Crippen molar-refractivity contribution in [1.29, 1.82) is 0 Å². The van der Waals surface area contributed by atoms with E-state index in [1.165, 1.54) is 0 Å². The first-order valence-electron chi connectivity index (χ1n) is 9.68. The van der Waals surface area contributed by atoms with Crippen molar-refractivity contribution in [2.75, 3.05) is 24.2 Å². The van der Waals surface area contributed by atoms with Gasteiger partial charge >= 0.3 is 0 Å². The van der Waals surface area contributed by atoms with Crippen LogP contribution in [0.25, 0.3) is 10.5 Å². The molecule has 152 valence electrons. The molecule has 0 amide bonds. The van der Waals surface area contributed by atoms with Gasteiger partial charge in [-0.25, -0.2) is 14.3 Å². The molecule has 0 spiro atoms. The lowest BCUT2D eigenvalue weighted by Crippen LogP contribution is -2.24. The minimum Gasteiger partial charge on any atom is -0.395 e. The Bertz CT molecular complexity index is 1080. The number of nitrogens with two attached hydrogens (primary N) is 1. The zero-order valence-electron chi connectivity index (χ0n) is 17.3. The number of anilines is 2. The van der Waals surface area contributed by atoms with Gasteiger partial charge in [-0.05, 0) is 25.5 Å². The molecule has 3 aromatic heterocycles. The molecule has 0 fully saturated rings. The number of hydrogen-bond donors (Lipinski definition) is 3. The predicted octanol–water partition coefficient (Wildman–Crippen LogP) is 3.05. The highest BCUT2D eigenvalue weighted by molar-refractivity contribution is 5.80. The lowest BCUT2D eigenvalue weighted by molar-refractivity contribution is 0.215. The van der Waals surface area contributed by atoms with Crippen molar-refractivity contribution in [2.45, 2.75) is 46.0 Å². The summed E-state index contributed by atoms with van der Waals surface area (Å²) in [5, 5.41) is 17.2. The van der Waals surface area contributed by atoms with Crippen molar-refractivity contribution in [2.24, 2.45) is 0 Å². The van der Waals surface area contributed by atoms with Gasteiger partial charge in [0.25, 0.3) is 5.69 Å². The van der Waals surface area contributed by atoms with Crippen LogP contribution in [0, 0.1) is 13.5 Å². The van der Waals surface area contributed by atoms with Crippen LogP contribution in [0.5, 0.6) is 0 Å². The second-order valence-electron chi connectivity index (χ2n) is 7.69. The zero-order chi connectivity index (χ0) is 21.2. The highest BCUT2D eigenvalue weighted by Crippen LogP contribution is 2.32. The molecule has 8 nitrogen and oxygen atoms in total. The third-order valence-electron chi connectivity index (χ3n) is 5.10. The Balaban J connectivity index is 1.84. The van der Waals surface area contributed by atoms with Crippen LogP contribution in [0.2, 0.25) is 0 Å². The first-order valence-corrected chi connectivity index (χ1v) is 9.68. The topological polar surface area (TPSA) is 106 Å². The number of rotatable bonds is 7. The molecule has 0 aliphatic rings. The summed E-state index contributed by atoms with van der Waals surface area (Å²) in [5.41, 5.74) is 10.4. The van der Waals surface area contributed by atoms with Crippen molar-refractivity contribution in [3.8, 4) is 0 Å². The van der Waals surface area contributed by atoms with Crippen molar-refractivity contribution in [1.82, 2.24) is 19.6 Å². The minimum atomic E-state index is -0.391. The Morgan fingerprint density at radius 2 is 2.07 bits per heavy atom. The molecular weight excluding hydrogens is 366 g/mol. The average Bonchev–Trinajstić information content (AvgIpc) is 3.04. The number of aliphatic hydroxyl groups excluding tert-OH is 1. The van der Waals surface area contributed by atoms with Gasteiger partial charge in [-0.2, -0.15) is 5.10 Å². The summed E-state index contributed by atoms with van der Waals surface area (Å²) in [7, 11) is 0. The normalized spacial score (nSPS) is 11.6. The summed E-state index contributed by atoms with van der Waals surface area (Å²) in [6, 6.07) is 5.83. The van der Waals surface area contributed by atoms with Crippen molar-refractivity contribution < 1.29 is 5.11 Å². The number of hydrogen-bond acceptors (Lipinski definition) is 6. The molecule has 0 aliphatic carbocycles. The van der Waals surface area contributed by atoms with E-state index in [1.807, 2.05) is 45.9 Å². The van der Waals surface area contributed by atoms with E-state index in [4.69, 9.17) is 12.3 Å². The molecule has 4 N–H and O–H groups in total. The van der Waals surface area contributed by atoms with Crippen molar-refractivity contribution in [3.05, 3.63) is 52.3 Å². The van der Waals surface area contributed by atoms with E-state index < -0.39 is 5.41 Å². The number of nitrogen functional groups attached to an aromatic ring is 1. The summed E-state index contributed by atoms with van der Waals surface area (Å²) in [6.07, 6.45) is 1.44. The summed E-state index contributed by atoms with van der Waals surface area (Å²) < 4.78 is 1.55. The van der Waals surface area contributed by atoms with Crippen LogP contribution < -0.4 is 11.1 Å². The number of pyridine rings is 1. The SMILES string of the molecule is [C-]#[N+]c1c(NCCc2cccc(C(C)(C)CO)n2)nc2c(CC)c(C)nn2c1N. The monoisotopic (exact) mass is 393 g/mol. The second kappa shape index (κ2) is 8.05. The van der Waals surface area contributed by atoms with E-state index in [9.17, 15) is 5.11 Å². The van der Waals surface area contributed by atoms with E-state index in [0.717, 1.165) is 29.1 Å². The molecular formula is C21H27N7O. The second-order valence-corrected chi connectivity index (χ2v) is 7.69. The standard InChI is InChI=1S/C21H27N7O/c1-6-15-13(2)27-28-18(22)17(23-5)19(26-20(15)28)24-11-10-14-8-7-9-16(25-14)21(3,4)12-29/h7-9,29H,6,10-12,22H2,1-4H3,(H,24,26). The van der Waals surface area contributed by atoms with Gasteiger partial charge in [0.05, 0.1) is 18.9 Å². The Labute approximate surface area is 170 Å². The van der Waals surface area contributed by atoms with Gasteiger partial charge in [0.15, 0.2) is 5.65 Å². The molecule has 0 saturated heterocycles. The van der Waals surface area contributed by atoms with Gasteiger partial charge in [0.2, 0.25) is 0 Å². The number of fused-ring (bicyclic) bond motifs is 1. The molecule has 0 atom stereocenters. The maximum Gasteiger partial charge on any atom is 0.268 e. The van der Waals surface area contributed by atoms with E-state index >= 15 is 0 Å². The highest BCUT2D eigenvalue weighted by atomic mass is 16.3. The fraction of sp³-hybridized carbons (Fsp3) is 0.429. The van der Waals surface area contributed by atoms with Crippen molar-refractivity contribution in [3.63, 3.8) is 0 Å². The number of nitrogens with zero attached hydrogens (tertiary/aromatic N) is 5. The number of aliphatic hydroxyl groups is 1. The average molecular weight is 393 g/mol. The molecule has 3 rings (SSSR count). The fourth-order valence-corrected chi connectivity index (χ4v) is 3.24. The van der Waals surface area contributed by atoms with E-state index in [1.54, 1.807) is 4.52 Å². The van der Waals surface area contributed by atoms with E-state index in [0.29, 0.717) is 30.2 Å². The lowest BCUT2D eigenvalue weighted by Gasteiger charge is -2.21. The fourth-order valence-electron chi connectivity index (χ4n) is 3.24. The highest BCUT2D eigenvalue weighted by Gasteiger charge is 2.21. The summed E-state index contributed by atoms with van der Waals surface area (Å²) in [5.74, 6) is 0.756. The molecule has 3 aromatic rings. The molecule has 0 saturated carbocycles. The molecule has 0 bridgehead atoms. The maximum atomic E-state index is 9.57. The van der Waals surface area contributed by atoms with Gasteiger partial charge in [-0.1, -0.05) is 26.8 Å². The van der Waals surface area contributed by atoms with Crippen LogP contribution in [0.1, 0.15) is 43.4 Å². The smallest absolute Gasteiger partial charge is 0.268 e. The number of nitrogens with one attached hydrogen (secondary N) is 1. The third kappa shape index (κ3) is 3.87. The van der Waals surface area contributed by atoms with Crippen LogP contribution in [-0.2, 0) is 18.3 Å². The molecule has 0 aromatic carbocycles. The molecule has 3 heterocycles. The molecule has 0 radical (unpaired) electrons. The molecule has 0 aliphatic heterocycles. The molecule has 8 heteroatoms. The largest absolute Gasteiger partial charge is 0.395 e. The van der Waals surface area contributed by atoms with Gasteiger partial charge in [0.1, 0.15) is 11.6 Å². The van der Waals surface area contributed by atoms with Crippen LogP contribution >= 0.6 is 0 Å². The Hall–Kier alpha value is -3.18. The van der Waals surface area contributed by atoms with Gasteiger partial charge in [-0.15, -0.1) is 0 Å². The van der Waals surface area contributed by atoms with Gasteiger partial charge in [0, 0.05) is 35.3 Å². The van der Waals surface area contributed by atoms with Crippen LogP contribution in [0.3, 0.4) is 0 Å². The minimum absolute atomic E-state index is 0.0316. The first-order chi connectivity index (χ1) is 13.8. The maximum absolute atomic E-state index is 9.57. The predicted molar refractivity (Wildman–Crippen MR) is 114 cm³/mol. The van der Waals surface area contributed by atoms with E-state index in [2.05, 4.69) is 25.2 Å².